The molecule has 0 saturated carbocycles. The van der Waals surface area contributed by atoms with Crippen LogP contribution in [0.25, 0.3) is 0 Å². The fraction of sp³-hybridized carbons (Fsp3) is 0.385. The van der Waals surface area contributed by atoms with Gasteiger partial charge in [0.05, 0.1) is 12.0 Å². The Balaban J connectivity index is 3.54. The van der Waals surface area contributed by atoms with E-state index in [1.807, 2.05) is 0 Å². The molecule has 0 fully saturated rings. The number of carboxylic acid groups (broad SMARTS) is 1. The van der Waals surface area contributed by atoms with Gasteiger partial charge < -0.3 is 9.84 Å². The number of methoxy groups -OCH3 is 1. The average molecular weight is 333 g/mol. The van der Waals surface area contributed by atoms with E-state index in [4.69, 9.17) is 5.11 Å². The minimum absolute atomic E-state index is 0.630. The first-order valence-electron chi connectivity index (χ1n) is 6.23. The van der Waals surface area contributed by atoms with Crippen LogP contribution in [0.15, 0.2) is 23.1 Å². The van der Waals surface area contributed by atoms with E-state index in [2.05, 4.69) is 4.74 Å². The summed E-state index contributed by atoms with van der Waals surface area (Å²) >= 11 is 0. The Kier molecular flexibility index (Phi) is 5.61. The van der Waals surface area contributed by atoms with Gasteiger partial charge in [0, 0.05) is 6.04 Å². The Morgan fingerprint density at radius 2 is 1.95 bits per heavy atom. The van der Waals surface area contributed by atoms with Crippen molar-refractivity contribution in [1.29, 1.82) is 0 Å². The zero-order valence-electron chi connectivity index (χ0n) is 12.2. The van der Waals surface area contributed by atoms with Crippen LogP contribution in [0.4, 0.5) is 4.39 Å². The molecule has 0 aromatic heterocycles. The molecule has 0 heterocycles. The summed E-state index contributed by atoms with van der Waals surface area (Å²) in [4.78, 5) is 21.9. The first-order valence-corrected chi connectivity index (χ1v) is 7.67. The third kappa shape index (κ3) is 3.60. The second-order valence-corrected chi connectivity index (χ2v) is 6.50. The van der Waals surface area contributed by atoms with Crippen LogP contribution in [-0.2, 0) is 19.6 Å². The molecule has 122 valence electrons. The van der Waals surface area contributed by atoms with E-state index in [0.717, 1.165) is 25.3 Å². The van der Waals surface area contributed by atoms with Crippen LogP contribution in [0.3, 0.4) is 0 Å². The van der Waals surface area contributed by atoms with Gasteiger partial charge in [-0.25, -0.2) is 17.6 Å². The standard InChI is InChI=1S/C13H16FNO6S/c1-8(2)15(7-11(16)17)22(19,20)10-6-4-5-9(14)12(10)13(18)21-3/h4-6,8H,7H2,1-3H3,(H,16,17). The van der Waals surface area contributed by atoms with Gasteiger partial charge in [0.2, 0.25) is 10.0 Å². The molecule has 0 saturated heterocycles. The third-order valence-electron chi connectivity index (χ3n) is 2.82. The van der Waals surface area contributed by atoms with Crippen LogP contribution < -0.4 is 0 Å². The number of carbonyl (C=O) groups is 2. The lowest BCUT2D eigenvalue weighted by Gasteiger charge is -2.25. The van der Waals surface area contributed by atoms with Gasteiger partial charge in [-0.3, -0.25) is 4.79 Å². The molecule has 0 bridgehead atoms. The molecule has 1 rings (SSSR count). The van der Waals surface area contributed by atoms with Gasteiger partial charge in [-0.05, 0) is 26.0 Å². The number of sulfonamides is 1. The number of hydrogen-bond donors (Lipinski definition) is 1. The van der Waals surface area contributed by atoms with Gasteiger partial charge in [0.1, 0.15) is 17.9 Å². The lowest BCUT2D eigenvalue weighted by atomic mass is 10.2. The lowest BCUT2D eigenvalue weighted by molar-refractivity contribution is -0.137. The van der Waals surface area contributed by atoms with Gasteiger partial charge >= 0.3 is 11.9 Å². The van der Waals surface area contributed by atoms with E-state index >= 15 is 0 Å². The predicted octanol–water partition coefficient (Wildman–Crippen LogP) is 1.10. The van der Waals surface area contributed by atoms with E-state index in [9.17, 15) is 22.4 Å². The number of nitrogens with zero attached hydrogens (tertiary/aromatic N) is 1. The quantitative estimate of drug-likeness (QED) is 0.782. The maximum Gasteiger partial charge on any atom is 0.342 e. The first kappa shape index (κ1) is 18.1. The molecule has 0 amide bonds. The number of carboxylic acids is 1. The molecule has 0 unspecified atom stereocenters. The van der Waals surface area contributed by atoms with Gasteiger partial charge in [-0.15, -0.1) is 0 Å². The molecule has 0 radical (unpaired) electrons. The summed E-state index contributed by atoms with van der Waals surface area (Å²) in [5, 5.41) is 8.85. The van der Waals surface area contributed by atoms with Gasteiger partial charge in [-0.1, -0.05) is 6.07 Å². The molecule has 0 aliphatic rings. The molecule has 22 heavy (non-hydrogen) atoms. The summed E-state index contributed by atoms with van der Waals surface area (Å²) in [6.07, 6.45) is 0. The van der Waals surface area contributed by atoms with E-state index in [0.29, 0.717) is 4.31 Å². The monoisotopic (exact) mass is 333 g/mol. The molecular weight excluding hydrogens is 317 g/mol. The van der Waals surface area contributed by atoms with Crippen molar-refractivity contribution in [2.45, 2.75) is 24.8 Å². The SMILES string of the molecule is COC(=O)c1c(F)cccc1S(=O)(=O)N(CC(=O)O)C(C)C. The predicted molar refractivity (Wildman–Crippen MR) is 74.4 cm³/mol. The average Bonchev–Trinajstić information content (AvgIpc) is 2.43. The van der Waals surface area contributed by atoms with Crippen molar-refractivity contribution in [1.82, 2.24) is 4.31 Å². The van der Waals surface area contributed by atoms with Crippen LogP contribution in [0.1, 0.15) is 24.2 Å². The molecule has 9 heteroatoms. The molecule has 0 atom stereocenters. The van der Waals surface area contributed by atoms with Crippen LogP contribution in [0.2, 0.25) is 0 Å². The zero-order chi connectivity index (χ0) is 17.1. The number of benzene rings is 1. The maximum absolute atomic E-state index is 13.8. The number of rotatable bonds is 6. The smallest absolute Gasteiger partial charge is 0.342 e. The molecule has 0 aliphatic carbocycles. The molecule has 1 aromatic carbocycles. The fourth-order valence-electron chi connectivity index (χ4n) is 1.82. The molecule has 7 nitrogen and oxygen atoms in total. The number of hydrogen-bond acceptors (Lipinski definition) is 5. The highest BCUT2D eigenvalue weighted by Gasteiger charge is 2.34. The first-order chi connectivity index (χ1) is 10.1. The summed E-state index contributed by atoms with van der Waals surface area (Å²) < 4.78 is 44.1. The highest BCUT2D eigenvalue weighted by atomic mass is 32.2. The highest BCUT2D eigenvalue weighted by molar-refractivity contribution is 7.89. The van der Waals surface area contributed by atoms with Crippen molar-refractivity contribution in [2.24, 2.45) is 0 Å². The van der Waals surface area contributed by atoms with Crippen molar-refractivity contribution < 1.29 is 32.2 Å². The minimum atomic E-state index is -4.39. The molecule has 1 aromatic rings. The van der Waals surface area contributed by atoms with E-state index in [-0.39, 0.29) is 0 Å². The molecule has 0 spiro atoms. The second-order valence-electron chi connectivity index (χ2n) is 4.64. The van der Waals surface area contributed by atoms with Crippen molar-refractivity contribution in [3.63, 3.8) is 0 Å². The van der Waals surface area contributed by atoms with Crippen LogP contribution >= 0.6 is 0 Å². The number of halogens is 1. The van der Waals surface area contributed by atoms with Crippen LogP contribution in [-0.4, -0.2) is 49.5 Å². The van der Waals surface area contributed by atoms with E-state index < -0.39 is 50.8 Å². The molecular formula is C13H16FNO6S. The minimum Gasteiger partial charge on any atom is -0.480 e. The fourth-order valence-corrected chi connectivity index (χ4v) is 3.60. The normalized spacial score (nSPS) is 11.7. The van der Waals surface area contributed by atoms with Crippen molar-refractivity contribution in [2.75, 3.05) is 13.7 Å². The Labute approximate surface area is 127 Å². The second kappa shape index (κ2) is 6.84. The third-order valence-corrected chi connectivity index (χ3v) is 4.88. The Morgan fingerprint density at radius 3 is 2.41 bits per heavy atom. The summed E-state index contributed by atoms with van der Waals surface area (Å²) in [5.74, 6) is -3.59. The van der Waals surface area contributed by atoms with Crippen molar-refractivity contribution >= 4 is 22.0 Å². The van der Waals surface area contributed by atoms with E-state index in [1.54, 1.807) is 0 Å². The Hall–Kier alpha value is -2.00. The maximum atomic E-state index is 13.8. The lowest BCUT2D eigenvalue weighted by Crippen LogP contribution is -2.41. The van der Waals surface area contributed by atoms with Gasteiger partial charge in [0.25, 0.3) is 0 Å². The van der Waals surface area contributed by atoms with Crippen molar-refractivity contribution in [3.8, 4) is 0 Å². The number of esters is 1. The number of aliphatic carboxylic acids is 1. The largest absolute Gasteiger partial charge is 0.480 e. The Bertz CT molecular complexity index is 686. The zero-order valence-corrected chi connectivity index (χ0v) is 13.1. The summed E-state index contributed by atoms with van der Waals surface area (Å²) in [5.41, 5.74) is -0.749. The Morgan fingerprint density at radius 1 is 1.36 bits per heavy atom. The van der Waals surface area contributed by atoms with Crippen LogP contribution in [0, 0.1) is 5.82 Å². The number of carbonyl (C=O) groups excluding carboxylic acids is 1. The van der Waals surface area contributed by atoms with Crippen molar-refractivity contribution in [3.05, 3.63) is 29.6 Å². The summed E-state index contributed by atoms with van der Waals surface area (Å²) in [6, 6.07) is 2.37. The van der Waals surface area contributed by atoms with Crippen LogP contribution in [0.5, 0.6) is 0 Å². The summed E-state index contributed by atoms with van der Waals surface area (Å²) in [6.45, 7) is 2.13. The van der Waals surface area contributed by atoms with Gasteiger partial charge in [-0.2, -0.15) is 4.31 Å². The summed E-state index contributed by atoms with van der Waals surface area (Å²) in [7, 11) is -3.40. The number of ether oxygens (including phenoxy) is 1. The van der Waals surface area contributed by atoms with E-state index in [1.165, 1.54) is 13.8 Å². The van der Waals surface area contributed by atoms with Gasteiger partial charge in [0.15, 0.2) is 0 Å². The molecule has 1 N–H and O–H groups in total. The molecule has 0 aliphatic heterocycles. The topological polar surface area (TPSA) is 101 Å². The highest BCUT2D eigenvalue weighted by Crippen LogP contribution is 2.24.